The van der Waals surface area contributed by atoms with Crippen LogP contribution in [0.25, 0.3) is 11.1 Å². The first-order valence-electron chi connectivity index (χ1n) is 18.2. The summed E-state index contributed by atoms with van der Waals surface area (Å²) in [5.41, 5.74) is 8.91. The van der Waals surface area contributed by atoms with Crippen molar-refractivity contribution in [3.8, 4) is 22.6 Å². The normalized spacial score (nSPS) is 19.0. The van der Waals surface area contributed by atoms with Crippen LogP contribution in [0.5, 0.6) is 11.5 Å². The molecule has 12 heteroatoms. The number of benzene rings is 4. The topological polar surface area (TPSA) is 128 Å². The molecule has 0 aliphatic carbocycles. The quantitative estimate of drug-likeness (QED) is 0.0838. The lowest BCUT2D eigenvalue weighted by atomic mass is 9.84. The number of rotatable bonds is 13. The molecule has 0 bridgehead atoms. The number of methoxy groups -OCH3 is 1. The zero-order valence-corrected chi connectivity index (χ0v) is 30.6. The van der Waals surface area contributed by atoms with Gasteiger partial charge in [-0.2, -0.15) is 0 Å². The highest BCUT2D eigenvalue weighted by Gasteiger charge is 2.44. The Morgan fingerprint density at radius 3 is 2.52 bits per heavy atom. The van der Waals surface area contributed by atoms with Crippen molar-refractivity contribution < 1.29 is 37.4 Å². The van der Waals surface area contributed by atoms with Crippen LogP contribution in [0.2, 0.25) is 5.02 Å². The van der Waals surface area contributed by atoms with Crippen LogP contribution in [-0.4, -0.2) is 48.1 Å². The van der Waals surface area contributed by atoms with Crippen LogP contribution in [0.15, 0.2) is 66.7 Å². The molecule has 0 radical (unpaired) electrons. The fourth-order valence-electron chi connectivity index (χ4n) is 8.00. The van der Waals surface area contributed by atoms with Crippen LogP contribution < -0.4 is 20.5 Å². The first-order valence-corrected chi connectivity index (χ1v) is 18.6. The van der Waals surface area contributed by atoms with E-state index in [9.17, 15) is 19.2 Å². The minimum absolute atomic E-state index is 0.0442. The Kier molecular flexibility index (Phi) is 10.5. The number of halogens is 3. The molecule has 4 aromatic carbocycles. The maximum atomic E-state index is 16.3. The fourth-order valence-corrected chi connectivity index (χ4v) is 8.26. The van der Waals surface area contributed by atoms with Gasteiger partial charge in [0, 0.05) is 66.2 Å². The van der Waals surface area contributed by atoms with E-state index in [2.05, 4.69) is 5.32 Å². The monoisotopic (exact) mass is 755 g/mol. The number of Topliss-reactive ketones (excluding diaryl/α,β-unsaturated/α-hetero) is 1. The van der Waals surface area contributed by atoms with Gasteiger partial charge in [0.2, 0.25) is 11.8 Å². The van der Waals surface area contributed by atoms with Crippen LogP contribution >= 0.6 is 11.6 Å². The number of unbranched alkanes of at least 4 members (excludes halogenated alkanes) is 3. The Labute approximate surface area is 316 Å². The van der Waals surface area contributed by atoms with E-state index in [1.165, 1.54) is 25.3 Å². The number of fused-ring (bicyclic) bond motifs is 2. The summed E-state index contributed by atoms with van der Waals surface area (Å²) in [6, 6.07) is 18.3. The zero-order valence-electron chi connectivity index (χ0n) is 29.8. The maximum absolute atomic E-state index is 16.3. The van der Waals surface area contributed by atoms with E-state index in [4.69, 9.17) is 26.8 Å². The van der Waals surface area contributed by atoms with E-state index in [1.807, 2.05) is 42.5 Å². The standard InChI is InChI=1S/C42H40ClF2N3O6/c1-53-33-18-16-27(37(39(33)45)36-28-21-42(23-46,25-12-6-4-7-13-25)54-34(28)20-30(44)38(36)43)32(49)15-8-3-2-5-10-24-11-9-14-26-29(24)22-48(41(26)52)31-17-19-35(50)47-40(31)51/h4,6-7,9,11-14,16,18,20,31H,2-3,5,8,10,15,17,19,21-23,46H2,1H3,(H,47,50,51)/t31?,42-/m1/s1. The third-order valence-electron chi connectivity index (χ3n) is 10.8. The molecule has 9 nitrogen and oxygen atoms in total. The molecule has 1 fully saturated rings. The third-order valence-corrected chi connectivity index (χ3v) is 11.2. The lowest BCUT2D eigenvalue weighted by molar-refractivity contribution is -0.136. The van der Waals surface area contributed by atoms with Gasteiger partial charge in [0.25, 0.3) is 5.91 Å². The van der Waals surface area contributed by atoms with E-state index in [-0.39, 0.29) is 76.6 Å². The number of amides is 3. The smallest absolute Gasteiger partial charge is 0.255 e. The molecule has 0 aromatic heterocycles. The Bertz CT molecular complexity index is 2160. The molecular weight excluding hydrogens is 716 g/mol. The summed E-state index contributed by atoms with van der Waals surface area (Å²) >= 11 is 6.62. The van der Waals surface area contributed by atoms with Crippen molar-refractivity contribution in [1.29, 1.82) is 0 Å². The first kappa shape index (κ1) is 37.2. The SMILES string of the molecule is COc1ccc(C(=O)CCCCCCc2cccc3c2CN(C2CCC(=O)NC2=O)C3=O)c(-c2c(Cl)c(F)cc3c2C[C@@](CN)(c2ccccc2)O3)c1F. The minimum Gasteiger partial charge on any atom is -0.494 e. The summed E-state index contributed by atoms with van der Waals surface area (Å²) in [7, 11) is 1.31. The number of imide groups is 1. The maximum Gasteiger partial charge on any atom is 0.255 e. The van der Waals surface area contributed by atoms with Gasteiger partial charge in [-0.15, -0.1) is 0 Å². The minimum atomic E-state index is -1.04. The largest absolute Gasteiger partial charge is 0.494 e. The average Bonchev–Trinajstić information content (AvgIpc) is 3.72. The van der Waals surface area contributed by atoms with Gasteiger partial charge in [0.1, 0.15) is 17.6 Å². The van der Waals surface area contributed by atoms with Crippen molar-refractivity contribution in [2.45, 2.75) is 76.0 Å². The lowest BCUT2D eigenvalue weighted by Crippen LogP contribution is -2.52. The number of nitrogens with one attached hydrogen (secondary N) is 1. The van der Waals surface area contributed by atoms with Crippen LogP contribution in [0.4, 0.5) is 8.78 Å². The molecule has 3 aliphatic rings. The highest BCUT2D eigenvalue weighted by Crippen LogP contribution is 2.50. The summed E-state index contributed by atoms with van der Waals surface area (Å²) in [6.45, 7) is 0.373. The van der Waals surface area contributed by atoms with Gasteiger partial charge in [0.15, 0.2) is 23.0 Å². The highest BCUT2D eigenvalue weighted by molar-refractivity contribution is 6.34. The van der Waals surface area contributed by atoms with Gasteiger partial charge in [-0.25, -0.2) is 8.78 Å². The number of nitrogens with zero attached hydrogens (tertiary/aromatic N) is 1. The van der Waals surface area contributed by atoms with E-state index >= 15 is 8.78 Å². The molecule has 4 aromatic rings. The predicted octanol–water partition coefficient (Wildman–Crippen LogP) is 7.22. The number of carbonyl (C=O) groups excluding carboxylic acids is 4. The number of aryl methyl sites for hydroxylation is 1. The number of carbonyl (C=O) groups is 4. The number of hydrogen-bond donors (Lipinski definition) is 2. The van der Waals surface area contributed by atoms with Gasteiger partial charge in [0.05, 0.1) is 12.1 Å². The second-order valence-electron chi connectivity index (χ2n) is 14.1. The molecule has 2 atom stereocenters. The number of ketones is 1. The highest BCUT2D eigenvalue weighted by atomic mass is 35.5. The van der Waals surface area contributed by atoms with Crippen molar-refractivity contribution in [3.63, 3.8) is 0 Å². The second-order valence-corrected chi connectivity index (χ2v) is 14.4. The van der Waals surface area contributed by atoms with Crippen LogP contribution in [-0.2, 0) is 34.6 Å². The summed E-state index contributed by atoms with van der Waals surface area (Å²) in [6.07, 6.45) is 4.35. The Balaban J connectivity index is 1.04. The molecule has 280 valence electrons. The summed E-state index contributed by atoms with van der Waals surface area (Å²) in [4.78, 5) is 52.7. The van der Waals surface area contributed by atoms with Crippen molar-refractivity contribution >= 4 is 35.1 Å². The molecule has 1 saturated heterocycles. The van der Waals surface area contributed by atoms with Gasteiger partial charge < -0.3 is 20.1 Å². The molecule has 1 unspecified atom stereocenters. The molecule has 54 heavy (non-hydrogen) atoms. The Hall–Kier alpha value is -5.13. The van der Waals surface area contributed by atoms with Gasteiger partial charge in [-0.1, -0.05) is 66.9 Å². The van der Waals surface area contributed by atoms with Gasteiger partial charge >= 0.3 is 0 Å². The van der Waals surface area contributed by atoms with E-state index in [0.29, 0.717) is 36.9 Å². The Morgan fingerprint density at radius 1 is 1.00 bits per heavy atom. The van der Waals surface area contributed by atoms with Crippen molar-refractivity contribution in [2.24, 2.45) is 5.73 Å². The summed E-state index contributed by atoms with van der Waals surface area (Å²) in [5, 5.41) is 2.01. The molecule has 3 aliphatic heterocycles. The third kappa shape index (κ3) is 6.75. The lowest BCUT2D eigenvalue weighted by Gasteiger charge is -2.29. The summed E-state index contributed by atoms with van der Waals surface area (Å²) in [5.74, 6) is -2.87. The van der Waals surface area contributed by atoms with E-state index in [1.54, 1.807) is 11.0 Å². The van der Waals surface area contributed by atoms with Crippen molar-refractivity contribution in [2.75, 3.05) is 13.7 Å². The Morgan fingerprint density at radius 2 is 1.78 bits per heavy atom. The molecule has 3 amide bonds. The predicted molar refractivity (Wildman–Crippen MR) is 198 cm³/mol. The number of piperidine rings is 1. The molecule has 7 rings (SSSR count). The number of ether oxygens (including phenoxy) is 2. The average molecular weight is 756 g/mol. The number of hydrogen-bond acceptors (Lipinski definition) is 7. The molecule has 3 heterocycles. The molecule has 0 spiro atoms. The molecule has 0 saturated carbocycles. The first-order chi connectivity index (χ1) is 26.1. The molecule has 3 N–H and O–H groups in total. The van der Waals surface area contributed by atoms with Crippen LogP contribution in [0.1, 0.15) is 87.9 Å². The van der Waals surface area contributed by atoms with Crippen molar-refractivity contribution in [3.05, 3.63) is 117 Å². The van der Waals surface area contributed by atoms with Crippen LogP contribution in [0.3, 0.4) is 0 Å². The zero-order chi connectivity index (χ0) is 38.1. The van der Waals surface area contributed by atoms with E-state index < -0.39 is 29.2 Å². The fraction of sp³-hybridized carbons (Fsp3) is 0.333. The second kappa shape index (κ2) is 15.3. The molecular formula is C42H40ClF2N3O6. The number of nitrogens with two attached hydrogens (primary N) is 1. The van der Waals surface area contributed by atoms with Crippen molar-refractivity contribution in [1.82, 2.24) is 10.2 Å². The summed E-state index contributed by atoms with van der Waals surface area (Å²) < 4.78 is 43.4. The van der Waals surface area contributed by atoms with E-state index in [0.717, 1.165) is 36.0 Å². The van der Waals surface area contributed by atoms with Gasteiger partial charge in [-0.3, -0.25) is 24.5 Å². The van der Waals surface area contributed by atoms with Gasteiger partial charge in [-0.05, 0) is 60.6 Å². The van der Waals surface area contributed by atoms with Crippen LogP contribution in [0, 0.1) is 11.6 Å².